The molecular formula is C30H31IN2O8S. The van der Waals surface area contributed by atoms with Crippen molar-refractivity contribution in [2.45, 2.75) is 39.8 Å². The number of hydrogen-bond donors (Lipinski definition) is 0. The molecule has 12 heteroatoms. The van der Waals surface area contributed by atoms with Gasteiger partial charge in [-0.2, -0.15) is 0 Å². The number of benzene rings is 2. The monoisotopic (exact) mass is 706 g/mol. The zero-order valence-corrected chi connectivity index (χ0v) is 27.0. The summed E-state index contributed by atoms with van der Waals surface area (Å²) in [6.07, 6.45) is 1.60. The molecular weight excluding hydrogens is 675 g/mol. The van der Waals surface area contributed by atoms with E-state index in [1.54, 1.807) is 26.0 Å². The first-order valence-corrected chi connectivity index (χ1v) is 15.0. The lowest BCUT2D eigenvalue weighted by molar-refractivity contribution is -0.143. The van der Waals surface area contributed by atoms with Gasteiger partial charge in [0.1, 0.15) is 11.8 Å². The van der Waals surface area contributed by atoms with Crippen molar-refractivity contribution in [3.05, 3.63) is 82.1 Å². The molecule has 10 nitrogen and oxygen atoms in total. The van der Waals surface area contributed by atoms with E-state index in [1.807, 2.05) is 44.2 Å². The number of para-hydroxylation sites is 1. The van der Waals surface area contributed by atoms with Crippen LogP contribution in [0.3, 0.4) is 0 Å². The van der Waals surface area contributed by atoms with E-state index in [-0.39, 0.29) is 30.5 Å². The second kappa shape index (κ2) is 13.6. The first-order valence-electron chi connectivity index (χ1n) is 13.1. The Morgan fingerprint density at radius 2 is 1.90 bits per heavy atom. The Hall–Kier alpha value is -3.65. The molecule has 1 atom stereocenters. The number of ether oxygens (including phenoxy) is 5. The van der Waals surface area contributed by atoms with Crippen LogP contribution in [-0.4, -0.2) is 50.0 Å². The summed E-state index contributed by atoms with van der Waals surface area (Å²) in [6.45, 7) is 7.20. The number of aromatic nitrogens is 1. The summed E-state index contributed by atoms with van der Waals surface area (Å²) in [5.74, 6) is 0.275. The smallest absolute Gasteiger partial charge is 0.343 e. The molecule has 1 aromatic heterocycles. The fourth-order valence-corrected chi connectivity index (χ4v) is 6.29. The first kappa shape index (κ1) is 31.3. The Bertz CT molecular complexity index is 1720. The van der Waals surface area contributed by atoms with Crippen LogP contribution in [0.2, 0.25) is 0 Å². The van der Waals surface area contributed by atoms with Gasteiger partial charge in [0.2, 0.25) is 0 Å². The molecule has 2 heterocycles. The third kappa shape index (κ3) is 6.54. The number of fused-ring (bicyclic) bond motifs is 1. The summed E-state index contributed by atoms with van der Waals surface area (Å²) in [7, 11) is 2.77. The standard InChI is InChI=1S/C30H31IN2O8S/c1-7-39-29(36)25-17(4)32-30-33(26(25)19-10-8-9-11-21(19)41-16(2)3)28(35)23(42-30)14-18-12-20(31)27(22(13-18)37-5)40-15-24(34)38-6/h8-14,16,26H,7,15H2,1-6H3/b23-14+/t26-/m1/s1. The van der Waals surface area contributed by atoms with E-state index >= 15 is 0 Å². The number of nitrogens with zero attached hydrogens (tertiary/aromatic N) is 2. The molecule has 0 N–H and O–H groups in total. The van der Waals surface area contributed by atoms with Crippen LogP contribution in [0.25, 0.3) is 6.08 Å². The van der Waals surface area contributed by atoms with Gasteiger partial charge in [0.05, 0.1) is 46.3 Å². The minimum atomic E-state index is -0.804. The van der Waals surface area contributed by atoms with Gasteiger partial charge in [-0.15, -0.1) is 0 Å². The molecule has 0 saturated heterocycles. The number of hydrogen-bond acceptors (Lipinski definition) is 10. The first-order chi connectivity index (χ1) is 20.1. The molecule has 2 aromatic carbocycles. The quantitative estimate of drug-likeness (QED) is 0.232. The van der Waals surface area contributed by atoms with Gasteiger partial charge < -0.3 is 23.7 Å². The predicted octanol–water partition coefficient (Wildman–Crippen LogP) is 3.75. The molecule has 4 rings (SSSR count). The van der Waals surface area contributed by atoms with Gasteiger partial charge >= 0.3 is 11.9 Å². The van der Waals surface area contributed by atoms with E-state index in [9.17, 15) is 14.4 Å². The third-order valence-corrected chi connectivity index (χ3v) is 7.99. The Balaban J connectivity index is 1.89. The molecule has 0 radical (unpaired) electrons. The average Bonchev–Trinajstić information content (AvgIpc) is 3.25. The second-order valence-corrected chi connectivity index (χ2v) is 11.6. The SMILES string of the molecule is CCOC(=O)C1=C(C)N=c2s/c(=C/c3cc(I)c(OCC(=O)OC)c(OC)c3)c(=O)n2[C@@H]1c1ccccc1OC(C)C. The molecule has 0 amide bonds. The largest absolute Gasteiger partial charge is 0.493 e. The molecule has 3 aromatic rings. The lowest BCUT2D eigenvalue weighted by Gasteiger charge is -2.26. The summed E-state index contributed by atoms with van der Waals surface area (Å²) < 4.78 is 29.9. The van der Waals surface area contributed by atoms with Crippen LogP contribution < -0.4 is 29.1 Å². The van der Waals surface area contributed by atoms with E-state index in [0.717, 1.165) is 0 Å². The van der Waals surface area contributed by atoms with Crippen molar-refractivity contribution >= 4 is 51.9 Å². The number of carbonyl (C=O) groups is 2. The van der Waals surface area contributed by atoms with E-state index in [4.69, 9.17) is 18.9 Å². The minimum Gasteiger partial charge on any atom is -0.493 e. The van der Waals surface area contributed by atoms with E-state index in [0.29, 0.717) is 47.0 Å². The highest BCUT2D eigenvalue weighted by atomic mass is 127. The lowest BCUT2D eigenvalue weighted by Crippen LogP contribution is -2.40. The van der Waals surface area contributed by atoms with Crippen LogP contribution in [0.4, 0.5) is 0 Å². The van der Waals surface area contributed by atoms with Crippen LogP contribution in [0.15, 0.2) is 57.5 Å². The highest BCUT2D eigenvalue weighted by molar-refractivity contribution is 14.1. The van der Waals surface area contributed by atoms with Crippen molar-refractivity contribution in [3.63, 3.8) is 0 Å². The molecule has 0 aliphatic carbocycles. The lowest BCUT2D eigenvalue weighted by atomic mass is 9.95. The number of esters is 2. The van der Waals surface area contributed by atoms with Crippen molar-refractivity contribution in [1.82, 2.24) is 4.57 Å². The van der Waals surface area contributed by atoms with Gasteiger partial charge in [-0.3, -0.25) is 9.36 Å². The van der Waals surface area contributed by atoms with E-state index in [2.05, 4.69) is 32.3 Å². The number of methoxy groups -OCH3 is 2. The molecule has 0 spiro atoms. The maximum Gasteiger partial charge on any atom is 0.343 e. The van der Waals surface area contributed by atoms with Gasteiger partial charge in [0, 0.05) is 5.56 Å². The average molecular weight is 707 g/mol. The maximum absolute atomic E-state index is 14.0. The van der Waals surface area contributed by atoms with Gasteiger partial charge in [-0.1, -0.05) is 29.5 Å². The van der Waals surface area contributed by atoms with Crippen LogP contribution in [-0.2, 0) is 19.1 Å². The zero-order valence-electron chi connectivity index (χ0n) is 24.1. The van der Waals surface area contributed by atoms with Crippen molar-refractivity contribution < 1.29 is 33.3 Å². The predicted molar refractivity (Wildman–Crippen MR) is 166 cm³/mol. The summed E-state index contributed by atoms with van der Waals surface area (Å²) >= 11 is 3.29. The topological polar surface area (TPSA) is 115 Å². The summed E-state index contributed by atoms with van der Waals surface area (Å²) in [4.78, 5) is 44.0. The molecule has 0 fully saturated rings. The molecule has 222 valence electrons. The Morgan fingerprint density at radius 1 is 1.17 bits per heavy atom. The fraction of sp³-hybridized carbons (Fsp3) is 0.333. The Morgan fingerprint density at radius 3 is 2.57 bits per heavy atom. The summed E-state index contributed by atoms with van der Waals surface area (Å²) in [6, 6.07) is 10.1. The van der Waals surface area contributed by atoms with Crippen LogP contribution in [0.1, 0.15) is 44.9 Å². The Labute approximate surface area is 260 Å². The third-order valence-electron chi connectivity index (χ3n) is 6.20. The zero-order chi connectivity index (χ0) is 30.6. The highest BCUT2D eigenvalue weighted by Crippen LogP contribution is 2.37. The van der Waals surface area contributed by atoms with Gasteiger partial charge in [0.25, 0.3) is 5.56 Å². The maximum atomic E-state index is 14.0. The number of allylic oxidation sites excluding steroid dienone is 1. The van der Waals surface area contributed by atoms with Gasteiger partial charge in [-0.25, -0.2) is 14.6 Å². The molecule has 0 bridgehead atoms. The number of carbonyl (C=O) groups excluding carboxylic acids is 2. The Kier molecular flexibility index (Phi) is 10.1. The summed E-state index contributed by atoms with van der Waals surface area (Å²) in [5, 5.41) is 0. The van der Waals surface area contributed by atoms with Crippen molar-refractivity contribution in [2.24, 2.45) is 4.99 Å². The van der Waals surface area contributed by atoms with Crippen LogP contribution in [0, 0.1) is 3.57 Å². The molecule has 42 heavy (non-hydrogen) atoms. The minimum absolute atomic E-state index is 0.130. The summed E-state index contributed by atoms with van der Waals surface area (Å²) in [5.41, 5.74) is 1.75. The van der Waals surface area contributed by atoms with E-state index < -0.39 is 18.0 Å². The second-order valence-electron chi connectivity index (χ2n) is 9.41. The number of thiazole rings is 1. The number of rotatable bonds is 10. The van der Waals surface area contributed by atoms with Crippen LogP contribution in [0.5, 0.6) is 17.2 Å². The van der Waals surface area contributed by atoms with Gasteiger partial charge in [-0.05, 0) is 80.1 Å². The fourth-order valence-electron chi connectivity index (χ4n) is 4.46. The normalized spacial score (nSPS) is 14.8. The van der Waals surface area contributed by atoms with Crippen molar-refractivity contribution in [3.8, 4) is 17.2 Å². The molecule has 1 aliphatic rings. The van der Waals surface area contributed by atoms with Gasteiger partial charge in [0.15, 0.2) is 22.9 Å². The van der Waals surface area contributed by atoms with Crippen molar-refractivity contribution in [1.29, 1.82) is 0 Å². The molecule has 0 unspecified atom stereocenters. The highest BCUT2D eigenvalue weighted by Gasteiger charge is 2.35. The molecule has 0 saturated carbocycles. The number of halogens is 1. The van der Waals surface area contributed by atoms with E-state index in [1.165, 1.54) is 30.1 Å². The van der Waals surface area contributed by atoms with Crippen molar-refractivity contribution in [2.75, 3.05) is 27.4 Å². The molecule has 1 aliphatic heterocycles. The van der Waals surface area contributed by atoms with Crippen LogP contribution >= 0.6 is 33.9 Å².